The van der Waals surface area contributed by atoms with Crippen molar-refractivity contribution >= 4 is 6.21 Å². The summed E-state index contributed by atoms with van der Waals surface area (Å²) in [6.07, 6.45) is 3.67. The Bertz CT molecular complexity index is 90.4. The van der Waals surface area contributed by atoms with Crippen molar-refractivity contribution in [3.8, 4) is 0 Å². The SMILES string of the molecule is CC.CC1=CN=C1. The van der Waals surface area contributed by atoms with Crippen LogP contribution in [0.3, 0.4) is 0 Å². The molecule has 0 saturated carbocycles. The second-order valence-corrected chi connectivity index (χ2v) is 1.15. The van der Waals surface area contributed by atoms with Crippen LogP contribution in [0.5, 0.6) is 0 Å². The molecule has 0 unspecified atom stereocenters. The molecule has 0 aromatic heterocycles. The van der Waals surface area contributed by atoms with Gasteiger partial charge in [0.2, 0.25) is 0 Å². The van der Waals surface area contributed by atoms with Crippen LogP contribution in [0.4, 0.5) is 0 Å². The van der Waals surface area contributed by atoms with E-state index < -0.39 is 0 Å². The summed E-state index contributed by atoms with van der Waals surface area (Å²) in [5.74, 6) is 0. The van der Waals surface area contributed by atoms with E-state index in [0.29, 0.717) is 0 Å². The van der Waals surface area contributed by atoms with Crippen molar-refractivity contribution in [2.45, 2.75) is 20.8 Å². The van der Waals surface area contributed by atoms with E-state index in [0.717, 1.165) is 0 Å². The van der Waals surface area contributed by atoms with E-state index in [1.54, 1.807) is 0 Å². The second kappa shape index (κ2) is 3.59. The molecule has 1 rings (SSSR count). The van der Waals surface area contributed by atoms with Gasteiger partial charge in [0.15, 0.2) is 0 Å². The van der Waals surface area contributed by atoms with E-state index >= 15 is 0 Å². The summed E-state index contributed by atoms with van der Waals surface area (Å²) >= 11 is 0. The number of rotatable bonds is 0. The number of hydrogen-bond donors (Lipinski definition) is 0. The molecule has 0 amide bonds. The standard InChI is InChI=1S/C4H5N.C2H6/c1-4-2-5-3-4;1-2/h2-3H,1H3;1-2H3. The lowest BCUT2D eigenvalue weighted by molar-refractivity contribution is 1.40. The lowest BCUT2D eigenvalue weighted by Gasteiger charge is -1.91. The highest BCUT2D eigenvalue weighted by Gasteiger charge is 1.84. The minimum Gasteiger partial charge on any atom is -0.264 e. The van der Waals surface area contributed by atoms with Gasteiger partial charge in [0.25, 0.3) is 0 Å². The molecule has 0 aromatic rings. The molecule has 1 nitrogen and oxygen atoms in total. The highest BCUT2D eigenvalue weighted by molar-refractivity contribution is 5.83. The van der Waals surface area contributed by atoms with Crippen LogP contribution in [0, 0.1) is 0 Å². The Hall–Kier alpha value is -0.590. The average Bonchev–Trinajstić information content (AvgIpc) is 1.68. The maximum Gasteiger partial charge on any atom is 0.0312 e. The first-order valence-corrected chi connectivity index (χ1v) is 2.59. The maximum atomic E-state index is 3.71. The fourth-order valence-corrected chi connectivity index (χ4v) is 0.224. The van der Waals surface area contributed by atoms with Crippen LogP contribution in [-0.2, 0) is 0 Å². The smallest absolute Gasteiger partial charge is 0.0312 e. The summed E-state index contributed by atoms with van der Waals surface area (Å²) in [5, 5.41) is 0. The van der Waals surface area contributed by atoms with Crippen LogP contribution in [0.25, 0.3) is 0 Å². The van der Waals surface area contributed by atoms with Gasteiger partial charge in [-0.15, -0.1) is 0 Å². The van der Waals surface area contributed by atoms with Crippen LogP contribution in [0.15, 0.2) is 16.8 Å². The van der Waals surface area contributed by atoms with Crippen molar-refractivity contribution < 1.29 is 0 Å². The summed E-state index contributed by atoms with van der Waals surface area (Å²) in [5.41, 5.74) is 1.27. The monoisotopic (exact) mass is 97.1 g/mol. The molecule has 0 fully saturated rings. The third kappa shape index (κ3) is 2.15. The fraction of sp³-hybridized carbons (Fsp3) is 0.500. The topological polar surface area (TPSA) is 12.4 Å². The van der Waals surface area contributed by atoms with Gasteiger partial charge in [0, 0.05) is 12.4 Å². The molecule has 0 saturated heterocycles. The molecule has 1 heterocycles. The number of hydrogen-bond acceptors (Lipinski definition) is 1. The predicted molar refractivity (Wildman–Crippen MR) is 33.6 cm³/mol. The Morgan fingerprint density at radius 1 is 1.43 bits per heavy atom. The lowest BCUT2D eigenvalue weighted by atomic mass is 10.3. The predicted octanol–water partition coefficient (Wildman–Crippen LogP) is 2.00. The molecular weight excluding hydrogens is 86.1 g/mol. The third-order valence-corrected chi connectivity index (χ3v) is 0.556. The largest absolute Gasteiger partial charge is 0.264 e. The summed E-state index contributed by atoms with van der Waals surface area (Å²) in [6, 6.07) is 0. The first-order chi connectivity index (χ1) is 3.39. The van der Waals surface area contributed by atoms with Crippen LogP contribution in [-0.4, -0.2) is 6.21 Å². The van der Waals surface area contributed by atoms with Gasteiger partial charge < -0.3 is 0 Å². The third-order valence-electron chi connectivity index (χ3n) is 0.556. The zero-order valence-electron chi connectivity index (χ0n) is 5.10. The molecular formula is C6H11N. The lowest BCUT2D eigenvalue weighted by Crippen LogP contribution is -1.82. The molecule has 7 heavy (non-hydrogen) atoms. The first kappa shape index (κ1) is 6.41. The average molecular weight is 97.2 g/mol. The molecule has 0 N–H and O–H groups in total. The zero-order chi connectivity index (χ0) is 5.70. The Morgan fingerprint density at radius 3 is 1.71 bits per heavy atom. The van der Waals surface area contributed by atoms with Crippen molar-refractivity contribution in [2.75, 3.05) is 0 Å². The number of nitrogens with zero attached hydrogens (tertiary/aromatic N) is 1. The van der Waals surface area contributed by atoms with Crippen LogP contribution < -0.4 is 0 Å². The summed E-state index contributed by atoms with van der Waals surface area (Å²) in [6.45, 7) is 6.02. The molecule has 0 atom stereocenters. The van der Waals surface area contributed by atoms with Gasteiger partial charge in [-0.3, -0.25) is 4.99 Å². The van der Waals surface area contributed by atoms with Crippen molar-refractivity contribution in [1.82, 2.24) is 0 Å². The molecule has 1 heteroatoms. The summed E-state index contributed by atoms with van der Waals surface area (Å²) < 4.78 is 0. The minimum atomic E-state index is 1.27. The quantitative estimate of drug-likeness (QED) is 0.438. The van der Waals surface area contributed by atoms with E-state index in [-0.39, 0.29) is 0 Å². The van der Waals surface area contributed by atoms with Crippen molar-refractivity contribution in [3.05, 3.63) is 11.8 Å². The molecule has 0 radical (unpaired) electrons. The molecule has 40 valence electrons. The molecule has 1 aliphatic rings. The van der Waals surface area contributed by atoms with Crippen LogP contribution in [0.2, 0.25) is 0 Å². The number of aliphatic imine (C=N–C) groups is 1. The minimum absolute atomic E-state index is 1.27. The molecule has 0 spiro atoms. The van der Waals surface area contributed by atoms with Gasteiger partial charge in [0.1, 0.15) is 0 Å². The zero-order valence-corrected chi connectivity index (χ0v) is 5.10. The van der Waals surface area contributed by atoms with E-state index in [4.69, 9.17) is 0 Å². The molecule has 1 aliphatic heterocycles. The Balaban J connectivity index is 0.000000162. The van der Waals surface area contributed by atoms with Crippen LogP contribution in [0.1, 0.15) is 20.8 Å². The van der Waals surface area contributed by atoms with Gasteiger partial charge in [-0.2, -0.15) is 0 Å². The van der Waals surface area contributed by atoms with Gasteiger partial charge in [-0.05, 0) is 12.5 Å². The normalized spacial score (nSPS) is 13.3. The summed E-state index contributed by atoms with van der Waals surface area (Å²) in [7, 11) is 0. The van der Waals surface area contributed by atoms with Crippen LogP contribution >= 0.6 is 0 Å². The van der Waals surface area contributed by atoms with Gasteiger partial charge in [0.05, 0.1) is 0 Å². The van der Waals surface area contributed by atoms with E-state index in [1.807, 2.05) is 33.2 Å². The van der Waals surface area contributed by atoms with Crippen molar-refractivity contribution in [1.29, 1.82) is 0 Å². The Kier molecular flexibility index (Phi) is 3.29. The highest BCUT2D eigenvalue weighted by Crippen LogP contribution is 1.95. The Labute approximate surface area is 44.8 Å². The van der Waals surface area contributed by atoms with E-state index in [2.05, 4.69) is 4.99 Å². The van der Waals surface area contributed by atoms with Gasteiger partial charge in [-0.25, -0.2) is 0 Å². The first-order valence-electron chi connectivity index (χ1n) is 2.59. The highest BCUT2D eigenvalue weighted by atomic mass is 14.7. The van der Waals surface area contributed by atoms with Crippen molar-refractivity contribution in [3.63, 3.8) is 0 Å². The second-order valence-electron chi connectivity index (χ2n) is 1.15. The maximum absolute atomic E-state index is 3.71. The number of allylic oxidation sites excluding steroid dienone is 1. The molecule has 0 bridgehead atoms. The molecule has 0 aromatic carbocycles. The Morgan fingerprint density at radius 2 is 1.71 bits per heavy atom. The van der Waals surface area contributed by atoms with E-state index in [1.165, 1.54) is 5.57 Å². The molecule has 0 aliphatic carbocycles. The van der Waals surface area contributed by atoms with Crippen molar-refractivity contribution in [2.24, 2.45) is 4.99 Å². The van der Waals surface area contributed by atoms with Gasteiger partial charge in [-0.1, -0.05) is 13.8 Å². The summed E-state index contributed by atoms with van der Waals surface area (Å²) in [4.78, 5) is 3.71. The van der Waals surface area contributed by atoms with Gasteiger partial charge >= 0.3 is 0 Å². The van der Waals surface area contributed by atoms with E-state index in [9.17, 15) is 0 Å². The fourth-order valence-electron chi connectivity index (χ4n) is 0.224.